The molecule has 0 aliphatic rings. The average molecular weight is 330 g/mol. The van der Waals surface area contributed by atoms with Crippen molar-refractivity contribution in [1.29, 1.82) is 0 Å². The molecule has 3 rings (SSSR count). The highest BCUT2D eigenvalue weighted by molar-refractivity contribution is 7.98. The van der Waals surface area contributed by atoms with Gasteiger partial charge in [0, 0.05) is 10.3 Å². The normalized spacial score (nSPS) is 11.5. The number of rotatable bonds is 4. The van der Waals surface area contributed by atoms with Crippen LogP contribution in [-0.4, -0.2) is 19.7 Å². The van der Waals surface area contributed by atoms with E-state index in [2.05, 4.69) is 9.71 Å². The highest BCUT2D eigenvalue weighted by Crippen LogP contribution is 2.21. The van der Waals surface area contributed by atoms with Crippen molar-refractivity contribution < 1.29 is 8.42 Å². The fourth-order valence-electron chi connectivity index (χ4n) is 2.07. The lowest BCUT2D eigenvalue weighted by atomic mass is 10.2. The molecule has 0 unspecified atom stereocenters. The van der Waals surface area contributed by atoms with Crippen LogP contribution in [0.15, 0.2) is 70.5 Å². The zero-order chi connectivity index (χ0) is 15.6. The standard InChI is InChI=1S/C16H14N2O2S2/c1-21-13-7-9-14(10-8-13)22(19,20)18-16-11-6-12-4-2-3-5-15(12)17-16/h2-11H,1H3,(H,17,18). The van der Waals surface area contributed by atoms with Gasteiger partial charge in [-0.15, -0.1) is 11.8 Å². The molecule has 2 aromatic carbocycles. The van der Waals surface area contributed by atoms with Gasteiger partial charge < -0.3 is 0 Å². The third-order valence-corrected chi connectivity index (χ3v) is 5.32. The van der Waals surface area contributed by atoms with E-state index in [1.807, 2.05) is 36.6 Å². The highest BCUT2D eigenvalue weighted by Gasteiger charge is 2.14. The fraction of sp³-hybridized carbons (Fsp3) is 0.0625. The third-order valence-electron chi connectivity index (χ3n) is 3.21. The van der Waals surface area contributed by atoms with Crippen molar-refractivity contribution in [1.82, 2.24) is 4.98 Å². The van der Waals surface area contributed by atoms with E-state index in [-0.39, 0.29) is 4.90 Å². The maximum absolute atomic E-state index is 12.4. The molecule has 0 saturated carbocycles. The first-order valence-electron chi connectivity index (χ1n) is 6.61. The van der Waals surface area contributed by atoms with E-state index in [4.69, 9.17) is 0 Å². The number of pyridine rings is 1. The summed E-state index contributed by atoms with van der Waals surface area (Å²) in [6.07, 6.45) is 1.95. The van der Waals surface area contributed by atoms with Gasteiger partial charge >= 0.3 is 0 Å². The third kappa shape index (κ3) is 3.08. The van der Waals surface area contributed by atoms with Crippen molar-refractivity contribution in [3.63, 3.8) is 0 Å². The van der Waals surface area contributed by atoms with Crippen molar-refractivity contribution in [2.24, 2.45) is 0 Å². The van der Waals surface area contributed by atoms with Gasteiger partial charge in [-0.2, -0.15) is 0 Å². The molecule has 1 N–H and O–H groups in total. The zero-order valence-electron chi connectivity index (χ0n) is 11.9. The summed E-state index contributed by atoms with van der Waals surface area (Å²) in [6, 6.07) is 17.8. The second kappa shape index (κ2) is 5.98. The molecular weight excluding hydrogens is 316 g/mol. The van der Waals surface area contributed by atoms with Crippen LogP contribution in [-0.2, 0) is 10.0 Å². The molecule has 22 heavy (non-hydrogen) atoms. The summed E-state index contributed by atoms with van der Waals surface area (Å²) in [7, 11) is -3.63. The first-order chi connectivity index (χ1) is 10.6. The number of para-hydroxylation sites is 1. The second-order valence-corrected chi connectivity index (χ2v) is 7.23. The summed E-state index contributed by atoms with van der Waals surface area (Å²) in [5.74, 6) is 0.313. The van der Waals surface area contributed by atoms with Gasteiger partial charge in [0.2, 0.25) is 0 Å². The fourth-order valence-corrected chi connectivity index (χ4v) is 3.48. The molecule has 1 heterocycles. The van der Waals surface area contributed by atoms with Gasteiger partial charge in [-0.25, -0.2) is 13.4 Å². The molecular formula is C16H14N2O2S2. The summed E-state index contributed by atoms with van der Waals surface area (Å²) in [5.41, 5.74) is 0.750. The van der Waals surface area contributed by atoms with Gasteiger partial charge in [0.05, 0.1) is 10.4 Å². The molecule has 6 heteroatoms. The van der Waals surface area contributed by atoms with Crippen LogP contribution in [0.1, 0.15) is 0 Å². The van der Waals surface area contributed by atoms with E-state index in [0.717, 1.165) is 15.8 Å². The minimum Gasteiger partial charge on any atom is -0.263 e. The smallest absolute Gasteiger partial charge is 0.263 e. The van der Waals surface area contributed by atoms with E-state index in [0.29, 0.717) is 5.82 Å². The lowest BCUT2D eigenvalue weighted by Crippen LogP contribution is -2.13. The Bertz CT molecular complexity index is 907. The van der Waals surface area contributed by atoms with E-state index in [1.54, 1.807) is 42.1 Å². The minimum atomic E-state index is -3.63. The predicted octanol–water partition coefficient (Wildman–Crippen LogP) is 3.76. The van der Waals surface area contributed by atoms with Gasteiger partial charge in [-0.1, -0.05) is 18.2 Å². The van der Waals surface area contributed by atoms with E-state index in [1.165, 1.54) is 0 Å². The Morgan fingerprint density at radius 2 is 1.68 bits per heavy atom. The van der Waals surface area contributed by atoms with Crippen LogP contribution in [0.3, 0.4) is 0 Å². The summed E-state index contributed by atoms with van der Waals surface area (Å²) >= 11 is 1.57. The average Bonchev–Trinajstić information content (AvgIpc) is 2.54. The number of benzene rings is 2. The Morgan fingerprint density at radius 1 is 0.955 bits per heavy atom. The van der Waals surface area contributed by atoms with Gasteiger partial charge in [0.15, 0.2) is 0 Å². The Hall–Kier alpha value is -2.05. The molecule has 1 aromatic heterocycles. The summed E-state index contributed by atoms with van der Waals surface area (Å²) in [5, 5.41) is 0.967. The lowest BCUT2D eigenvalue weighted by molar-refractivity contribution is 0.601. The number of hydrogen-bond donors (Lipinski definition) is 1. The number of nitrogens with zero attached hydrogens (tertiary/aromatic N) is 1. The van der Waals surface area contributed by atoms with Crippen LogP contribution in [0.5, 0.6) is 0 Å². The Morgan fingerprint density at radius 3 is 2.41 bits per heavy atom. The number of aromatic nitrogens is 1. The van der Waals surface area contributed by atoms with Gasteiger partial charge in [0.1, 0.15) is 5.82 Å². The van der Waals surface area contributed by atoms with Crippen molar-refractivity contribution >= 4 is 38.5 Å². The maximum Gasteiger partial charge on any atom is 0.263 e. The summed E-state index contributed by atoms with van der Waals surface area (Å²) in [6.45, 7) is 0. The highest BCUT2D eigenvalue weighted by atomic mass is 32.2. The molecule has 0 spiro atoms. The molecule has 4 nitrogen and oxygen atoms in total. The quantitative estimate of drug-likeness (QED) is 0.740. The van der Waals surface area contributed by atoms with E-state index in [9.17, 15) is 8.42 Å². The molecule has 0 radical (unpaired) electrons. The Labute approximate surface area is 133 Å². The molecule has 0 amide bonds. The van der Waals surface area contributed by atoms with Gasteiger partial charge in [-0.05, 0) is 48.7 Å². The van der Waals surface area contributed by atoms with Gasteiger partial charge in [-0.3, -0.25) is 4.72 Å². The number of nitrogens with one attached hydrogen (secondary N) is 1. The molecule has 0 saturated heterocycles. The first-order valence-corrected chi connectivity index (χ1v) is 9.32. The van der Waals surface area contributed by atoms with Crippen LogP contribution in [0.2, 0.25) is 0 Å². The van der Waals surface area contributed by atoms with E-state index < -0.39 is 10.0 Å². The van der Waals surface area contributed by atoms with Crippen molar-refractivity contribution in [3.8, 4) is 0 Å². The van der Waals surface area contributed by atoms with E-state index >= 15 is 0 Å². The lowest BCUT2D eigenvalue weighted by Gasteiger charge is -2.08. The van der Waals surface area contributed by atoms with Crippen LogP contribution < -0.4 is 4.72 Å². The Balaban J connectivity index is 1.91. The van der Waals surface area contributed by atoms with Crippen LogP contribution in [0.25, 0.3) is 10.9 Å². The van der Waals surface area contributed by atoms with Crippen molar-refractivity contribution in [2.45, 2.75) is 9.79 Å². The monoisotopic (exact) mass is 330 g/mol. The molecule has 3 aromatic rings. The zero-order valence-corrected chi connectivity index (χ0v) is 13.5. The second-order valence-electron chi connectivity index (χ2n) is 4.67. The Kier molecular flexibility index (Phi) is 4.04. The molecule has 0 aliphatic heterocycles. The van der Waals surface area contributed by atoms with Crippen molar-refractivity contribution in [2.75, 3.05) is 11.0 Å². The van der Waals surface area contributed by atoms with Crippen LogP contribution >= 0.6 is 11.8 Å². The van der Waals surface area contributed by atoms with Crippen molar-refractivity contribution in [3.05, 3.63) is 60.7 Å². The number of thioether (sulfide) groups is 1. The number of sulfonamides is 1. The number of anilines is 1. The molecule has 0 fully saturated rings. The predicted molar refractivity (Wildman–Crippen MR) is 90.8 cm³/mol. The number of hydrogen-bond acceptors (Lipinski definition) is 4. The summed E-state index contributed by atoms with van der Waals surface area (Å²) in [4.78, 5) is 5.56. The summed E-state index contributed by atoms with van der Waals surface area (Å²) < 4.78 is 27.3. The molecule has 112 valence electrons. The van der Waals surface area contributed by atoms with Gasteiger partial charge in [0.25, 0.3) is 10.0 Å². The minimum absolute atomic E-state index is 0.222. The SMILES string of the molecule is CSc1ccc(S(=O)(=O)Nc2ccc3ccccc3n2)cc1. The molecule has 0 atom stereocenters. The molecule has 0 aliphatic carbocycles. The van der Waals surface area contributed by atoms with Crippen LogP contribution in [0, 0.1) is 0 Å². The molecule has 0 bridgehead atoms. The topological polar surface area (TPSA) is 59.1 Å². The first kappa shape index (κ1) is 14.9. The maximum atomic E-state index is 12.4. The number of fused-ring (bicyclic) bond motifs is 1. The van der Waals surface area contributed by atoms with Crippen LogP contribution in [0.4, 0.5) is 5.82 Å². The largest absolute Gasteiger partial charge is 0.263 e.